The summed E-state index contributed by atoms with van der Waals surface area (Å²) in [5, 5.41) is 3.69. The molecule has 0 fully saturated rings. The second-order valence-corrected chi connectivity index (χ2v) is 6.41. The summed E-state index contributed by atoms with van der Waals surface area (Å²) in [4.78, 5) is 24.8. The summed E-state index contributed by atoms with van der Waals surface area (Å²) >= 11 is 0. The van der Waals surface area contributed by atoms with E-state index < -0.39 is 0 Å². The van der Waals surface area contributed by atoms with Crippen molar-refractivity contribution < 1.29 is 13.9 Å². The maximum absolute atomic E-state index is 12.4. The van der Waals surface area contributed by atoms with Crippen LogP contribution in [0.1, 0.15) is 10.6 Å². The van der Waals surface area contributed by atoms with Crippen molar-refractivity contribution in [2.75, 3.05) is 5.32 Å². The van der Waals surface area contributed by atoms with E-state index in [-0.39, 0.29) is 11.7 Å². The van der Waals surface area contributed by atoms with Crippen LogP contribution in [0.5, 0.6) is 11.6 Å². The Bertz CT molecular complexity index is 1280. The highest BCUT2D eigenvalue weighted by molar-refractivity contribution is 6.04. The van der Waals surface area contributed by atoms with Crippen LogP contribution in [-0.2, 0) is 0 Å². The van der Waals surface area contributed by atoms with Crippen molar-refractivity contribution in [3.8, 4) is 17.4 Å². The van der Waals surface area contributed by atoms with Gasteiger partial charge in [0.1, 0.15) is 29.8 Å². The fourth-order valence-corrected chi connectivity index (χ4v) is 2.94. The van der Waals surface area contributed by atoms with Gasteiger partial charge in [0.2, 0.25) is 5.88 Å². The molecule has 5 aromatic rings. The van der Waals surface area contributed by atoms with Gasteiger partial charge in [0.25, 0.3) is 5.91 Å². The van der Waals surface area contributed by atoms with E-state index >= 15 is 0 Å². The highest BCUT2D eigenvalue weighted by Crippen LogP contribution is 2.24. The Morgan fingerprint density at radius 2 is 1.90 bits per heavy atom. The van der Waals surface area contributed by atoms with E-state index in [4.69, 9.17) is 9.15 Å². The third-order valence-electron chi connectivity index (χ3n) is 4.38. The lowest BCUT2D eigenvalue weighted by atomic mass is 10.2. The fourth-order valence-electron chi connectivity index (χ4n) is 2.94. The molecule has 0 aliphatic heterocycles. The van der Waals surface area contributed by atoms with Crippen LogP contribution in [0.2, 0.25) is 0 Å². The van der Waals surface area contributed by atoms with Gasteiger partial charge in [0, 0.05) is 29.5 Å². The SMILES string of the molecule is O=C(Nc1ccc(Oc2cc(-n3ccnc3)ncn2)cc1)c1cc2ccccc2o1. The Balaban J connectivity index is 1.27. The molecule has 146 valence electrons. The molecule has 0 unspecified atom stereocenters. The van der Waals surface area contributed by atoms with Crippen molar-refractivity contribution >= 4 is 22.6 Å². The van der Waals surface area contributed by atoms with Crippen molar-refractivity contribution in [2.45, 2.75) is 0 Å². The maximum atomic E-state index is 12.4. The minimum Gasteiger partial charge on any atom is -0.451 e. The van der Waals surface area contributed by atoms with Crippen molar-refractivity contribution in [3.63, 3.8) is 0 Å². The normalized spacial score (nSPS) is 10.8. The highest BCUT2D eigenvalue weighted by Gasteiger charge is 2.12. The number of carbonyl (C=O) groups is 1. The van der Waals surface area contributed by atoms with Gasteiger partial charge in [0.05, 0.1) is 0 Å². The summed E-state index contributed by atoms with van der Waals surface area (Å²) < 4.78 is 13.1. The third kappa shape index (κ3) is 3.61. The Morgan fingerprint density at radius 1 is 1.03 bits per heavy atom. The smallest absolute Gasteiger partial charge is 0.291 e. The quantitative estimate of drug-likeness (QED) is 0.471. The maximum Gasteiger partial charge on any atom is 0.291 e. The molecule has 8 nitrogen and oxygen atoms in total. The van der Waals surface area contributed by atoms with Gasteiger partial charge in [-0.3, -0.25) is 9.36 Å². The van der Waals surface area contributed by atoms with Crippen LogP contribution in [0.15, 0.2) is 90.1 Å². The molecular formula is C22H15N5O3. The number of amides is 1. The number of carbonyl (C=O) groups excluding carboxylic acids is 1. The predicted octanol–water partition coefficient (Wildman–Crippen LogP) is 4.45. The summed E-state index contributed by atoms with van der Waals surface area (Å²) in [6, 6.07) is 17.9. The van der Waals surface area contributed by atoms with Gasteiger partial charge in [-0.1, -0.05) is 18.2 Å². The zero-order valence-corrected chi connectivity index (χ0v) is 15.6. The lowest BCUT2D eigenvalue weighted by Gasteiger charge is -2.08. The number of benzene rings is 2. The number of ether oxygens (including phenoxy) is 1. The molecule has 0 saturated heterocycles. The molecule has 30 heavy (non-hydrogen) atoms. The third-order valence-corrected chi connectivity index (χ3v) is 4.38. The minimum atomic E-state index is -0.319. The molecule has 0 spiro atoms. The van der Waals surface area contributed by atoms with Gasteiger partial charge in [0.15, 0.2) is 5.76 Å². The largest absolute Gasteiger partial charge is 0.451 e. The standard InChI is InChI=1S/C22H15N5O3/c28-22(19-11-15-3-1-2-4-18(15)30-19)26-16-5-7-17(8-6-16)29-21-12-20(24-13-25-21)27-10-9-23-14-27/h1-14H,(H,26,28). The Morgan fingerprint density at radius 3 is 2.70 bits per heavy atom. The molecule has 2 aromatic carbocycles. The first kappa shape index (κ1) is 17.6. The molecular weight excluding hydrogens is 382 g/mol. The van der Waals surface area contributed by atoms with Gasteiger partial charge in [-0.25, -0.2) is 15.0 Å². The van der Waals surface area contributed by atoms with Gasteiger partial charge < -0.3 is 14.5 Å². The van der Waals surface area contributed by atoms with Gasteiger partial charge in [-0.2, -0.15) is 0 Å². The molecule has 0 aliphatic carbocycles. The minimum absolute atomic E-state index is 0.254. The van der Waals surface area contributed by atoms with Crippen molar-refractivity contribution in [2.24, 2.45) is 0 Å². The van der Waals surface area contributed by atoms with Gasteiger partial charge >= 0.3 is 0 Å². The average molecular weight is 397 g/mol. The average Bonchev–Trinajstić information content (AvgIpc) is 3.45. The number of anilines is 1. The Kier molecular flexibility index (Phi) is 4.41. The van der Waals surface area contributed by atoms with Gasteiger partial charge in [-0.15, -0.1) is 0 Å². The molecule has 0 atom stereocenters. The number of fused-ring (bicyclic) bond motifs is 1. The summed E-state index contributed by atoms with van der Waals surface area (Å²) in [6.45, 7) is 0. The number of furan rings is 1. The van der Waals surface area contributed by atoms with Crippen LogP contribution in [0.25, 0.3) is 16.8 Å². The van der Waals surface area contributed by atoms with Crippen LogP contribution < -0.4 is 10.1 Å². The monoisotopic (exact) mass is 397 g/mol. The summed E-state index contributed by atoms with van der Waals surface area (Å²) in [7, 11) is 0. The number of imidazole rings is 1. The number of hydrogen-bond donors (Lipinski definition) is 1. The number of hydrogen-bond acceptors (Lipinski definition) is 6. The topological polar surface area (TPSA) is 95.1 Å². The van der Waals surface area contributed by atoms with E-state index in [1.807, 2.05) is 24.3 Å². The van der Waals surface area contributed by atoms with E-state index in [1.54, 1.807) is 59.7 Å². The molecule has 5 rings (SSSR count). The first-order valence-electron chi connectivity index (χ1n) is 9.13. The molecule has 1 N–H and O–H groups in total. The highest BCUT2D eigenvalue weighted by atomic mass is 16.5. The van der Waals surface area contributed by atoms with Gasteiger partial charge in [-0.05, 0) is 36.4 Å². The molecule has 0 aliphatic rings. The molecule has 0 radical (unpaired) electrons. The Hall–Kier alpha value is -4.46. The van der Waals surface area contributed by atoms with E-state index in [0.29, 0.717) is 28.7 Å². The van der Waals surface area contributed by atoms with Crippen molar-refractivity contribution in [3.05, 3.63) is 91.5 Å². The van der Waals surface area contributed by atoms with Crippen LogP contribution in [-0.4, -0.2) is 25.4 Å². The zero-order valence-electron chi connectivity index (χ0n) is 15.6. The van der Waals surface area contributed by atoms with E-state index in [1.165, 1.54) is 6.33 Å². The first-order valence-corrected chi connectivity index (χ1v) is 9.13. The van der Waals surface area contributed by atoms with Crippen molar-refractivity contribution in [1.82, 2.24) is 19.5 Å². The summed E-state index contributed by atoms with van der Waals surface area (Å²) in [5.41, 5.74) is 1.29. The van der Waals surface area contributed by atoms with Crippen molar-refractivity contribution in [1.29, 1.82) is 0 Å². The fraction of sp³-hybridized carbons (Fsp3) is 0. The van der Waals surface area contributed by atoms with E-state index in [9.17, 15) is 4.79 Å². The first-order chi connectivity index (χ1) is 14.7. The van der Waals surface area contributed by atoms with E-state index in [2.05, 4.69) is 20.3 Å². The molecule has 3 heterocycles. The van der Waals surface area contributed by atoms with Crippen LogP contribution in [0, 0.1) is 0 Å². The van der Waals surface area contributed by atoms with Crippen LogP contribution in [0.4, 0.5) is 5.69 Å². The van der Waals surface area contributed by atoms with Crippen LogP contribution in [0.3, 0.4) is 0 Å². The summed E-state index contributed by atoms with van der Waals surface area (Å²) in [5.74, 6) is 1.55. The molecule has 0 saturated carbocycles. The Labute approximate surface area is 170 Å². The second kappa shape index (κ2) is 7.51. The number of rotatable bonds is 5. The number of nitrogens with one attached hydrogen (secondary N) is 1. The zero-order chi connectivity index (χ0) is 20.3. The number of aromatic nitrogens is 4. The second-order valence-electron chi connectivity index (χ2n) is 6.41. The lowest BCUT2D eigenvalue weighted by Crippen LogP contribution is -2.10. The molecule has 8 heteroatoms. The predicted molar refractivity (Wildman–Crippen MR) is 110 cm³/mol. The lowest BCUT2D eigenvalue weighted by molar-refractivity contribution is 0.0998. The van der Waals surface area contributed by atoms with E-state index in [0.717, 1.165) is 5.39 Å². The summed E-state index contributed by atoms with van der Waals surface area (Å²) in [6.07, 6.45) is 6.52. The van der Waals surface area contributed by atoms with Crippen LogP contribution >= 0.6 is 0 Å². The number of nitrogens with zero attached hydrogens (tertiary/aromatic N) is 4. The number of para-hydroxylation sites is 1. The molecule has 0 bridgehead atoms. The molecule has 3 aromatic heterocycles. The molecule has 1 amide bonds.